The highest BCUT2D eigenvalue weighted by Crippen LogP contribution is 2.20. The second-order valence-corrected chi connectivity index (χ2v) is 6.61. The number of rotatable bonds is 4. The van der Waals surface area contributed by atoms with E-state index in [1.165, 1.54) is 0 Å². The van der Waals surface area contributed by atoms with Crippen LogP contribution in [0.2, 0.25) is 0 Å². The van der Waals surface area contributed by atoms with Crippen molar-refractivity contribution in [3.05, 3.63) is 24.3 Å². The predicted molar refractivity (Wildman–Crippen MR) is 86.3 cm³/mol. The summed E-state index contributed by atoms with van der Waals surface area (Å²) in [6.07, 6.45) is 0. The number of nitrogens with one attached hydrogen (secondary N) is 3. The Morgan fingerprint density at radius 2 is 1.38 bits per heavy atom. The van der Waals surface area contributed by atoms with Crippen LogP contribution >= 0.6 is 0 Å². The molecule has 0 unspecified atom stereocenters. The van der Waals surface area contributed by atoms with Gasteiger partial charge >= 0.3 is 0 Å². The smallest absolute Gasteiger partial charge is 0.244 e. The minimum absolute atomic E-state index is 0.0680. The maximum absolute atomic E-state index is 12.1. The van der Waals surface area contributed by atoms with Gasteiger partial charge in [-0.25, -0.2) is 0 Å². The zero-order chi connectivity index (χ0) is 16.3. The minimum atomic E-state index is -0.662. The van der Waals surface area contributed by atoms with Gasteiger partial charge in [0.15, 0.2) is 0 Å². The molecule has 0 aliphatic heterocycles. The van der Waals surface area contributed by atoms with Crippen molar-refractivity contribution in [2.24, 2.45) is 5.41 Å². The van der Waals surface area contributed by atoms with Crippen molar-refractivity contribution in [1.82, 2.24) is 5.32 Å². The molecule has 21 heavy (non-hydrogen) atoms. The molecule has 1 rings (SSSR count). The maximum Gasteiger partial charge on any atom is 0.244 e. The van der Waals surface area contributed by atoms with Crippen LogP contribution in [0, 0.1) is 5.41 Å². The average molecular weight is 291 g/mol. The average Bonchev–Trinajstić information content (AvgIpc) is 2.37. The van der Waals surface area contributed by atoms with E-state index in [2.05, 4.69) is 16.0 Å². The van der Waals surface area contributed by atoms with Gasteiger partial charge in [-0.05, 0) is 39.1 Å². The van der Waals surface area contributed by atoms with Crippen LogP contribution in [0.3, 0.4) is 0 Å². The summed E-state index contributed by atoms with van der Waals surface area (Å²) < 4.78 is 0. The molecule has 0 bridgehead atoms. The van der Waals surface area contributed by atoms with Crippen molar-refractivity contribution in [3.63, 3.8) is 0 Å². The van der Waals surface area contributed by atoms with E-state index in [1.807, 2.05) is 20.8 Å². The summed E-state index contributed by atoms with van der Waals surface area (Å²) in [5.41, 5.74) is 0.183. The fourth-order valence-corrected chi connectivity index (χ4v) is 1.39. The summed E-state index contributed by atoms with van der Waals surface area (Å²) in [7, 11) is 1.74. The molecule has 2 amide bonds. The molecular weight excluding hydrogens is 266 g/mol. The van der Waals surface area contributed by atoms with Crippen LogP contribution in [-0.2, 0) is 9.59 Å². The zero-order valence-corrected chi connectivity index (χ0v) is 13.6. The number of carbonyl (C=O) groups is 2. The van der Waals surface area contributed by atoms with Gasteiger partial charge in [-0.2, -0.15) is 0 Å². The predicted octanol–water partition coefficient (Wildman–Crippen LogP) is 2.61. The van der Waals surface area contributed by atoms with E-state index in [1.54, 1.807) is 45.2 Å². The lowest BCUT2D eigenvalue weighted by molar-refractivity contribution is -0.123. The Balaban J connectivity index is 2.82. The summed E-state index contributed by atoms with van der Waals surface area (Å²) in [5, 5.41) is 8.62. The first-order valence-electron chi connectivity index (χ1n) is 6.98. The quantitative estimate of drug-likeness (QED) is 0.798. The van der Waals surface area contributed by atoms with Gasteiger partial charge in [0.05, 0.1) is 5.54 Å². The Bertz CT molecular complexity index is 531. The standard InChI is InChI=1S/C16H25N3O2/c1-15(2,3)13(20)18-11-8-7-9-12(10-11)19-14(21)16(4,5)17-6/h7-10,17H,1-6H3,(H,18,20)(H,19,21). The Morgan fingerprint density at radius 1 is 0.905 bits per heavy atom. The van der Waals surface area contributed by atoms with Crippen molar-refractivity contribution in [3.8, 4) is 0 Å². The minimum Gasteiger partial charge on any atom is -0.326 e. The van der Waals surface area contributed by atoms with Crippen LogP contribution in [0.1, 0.15) is 34.6 Å². The lowest BCUT2D eigenvalue weighted by Gasteiger charge is -2.23. The van der Waals surface area contributed by atoms with Crippen LogP contribution in [-0.4, -0.2) is 24.4 Å². The van der Waals surface area contributed by atoms with E-state index in [0.29, 0.717) is 11.4 Å². The van der Waals surface area contributed by atoms with Gasteiger partial charge in [-0.3, -0.25) is 9.59 Å². The third kappa shape index (κ3) is 4.86. The molecule has 5 nitrogen and oxygen atoms in total. The molecule has 0 aliphatic rings. The van der Waals surface area contributed by atoms with Crippen molar-refractivity contribution < 1.29 is 9.59 Å². The van der Waals surface area contributed by atoms with Gasteiger partial charge in [-0.1, -0.05) is 26.8 Å². The first kappa shape index (κ1) is 17.2. The third-order valence-electron chi connectivity index (χ3n) is 3.25. The van der Waals surface area contributed by atoms with E-state index < -0.39 is 11.0 Å². The van der Waals surface area contributed by atoms with Crippen molar-refractivity contribution >= 4 is 23.2 Å². The van der Waals surface area contributed by atoms with Crippen LogP contribution in [0.4, 0.5) is 11.4 Å². The molecule has 0 aliphatic carbocycles. The molecular formula is C16H25N3O2. The lowest BCUT2D eigenvalue weighted by Crippen LogP contribution is -2.47. The van der Waals surface area contributed by atoms with Gasteiger partial charge < -0.3 is 16.0 Å². The van der Waals surface area contributed by atoms with Gasteiger partial charge in [-0.15, -0.1) is 0 Å². The number of hydrogen-bond donors (Lipinski definition) is 3. The van der Waals surface area contributed by atoms with Crippen LogP contribution in [0.25, 0.3) is 0 Å². The molecule has 0 fully saturated rings. The molecule has 0 heterocycles. The number of anilines is 2. The second kappa shape index (κ2) is 6.26. The largest absolute Gasteiger partial charge is 0.326 e. The van der Waals surface area contributed by atoms with Crippen LogP contribution in [0.5, 0.6) is 0 Å². The molecule has 3 N–H and O–H groups in total. The van der Waals surface area contributed by atoms with Gasteiger partial charge in [0.2, 0.25) is 11.8 Å². The summed E-state index contributed by atoms with van der Waals surface area (Å²) in [6, 6.07) is 7.12. The molecule has 0 radical (unpaired) electrons. The highest BCUT2D eigenvalue weighted by atomic mass is 16.2. The van der Waals surface area contributed by atoms with Gasteiger partial charge in [0.25, 0.3) is 0 Å². The van der Waals surface area contributed by atoms with Gasteiger partial charge in [0, 0.05) is 16.8 Å². The van der Waals surface area contributed by atoms with E-state index in [-0.39, 0.29) is 11.8 Å². The maximum atomic E-state index is 12.1. The first-order chi connectivity index (χ1) is 9.56. The monoisotopic (exact) mass is 291 g/mol. The number of likely N-dealkylation sites (N-methyl/N-ethyl adjacent to an activating group) is 1. The van der Waals surface area contributed by atoms with Crippen molar-refractivity contribution in [2.45, 2.75) is 40.2 Å². The van der Waals surface area contributed by atoms with Crippen molar-refractivity contribution in [1.29, 1.82) is 0 Å². The molecule has 0 aromatic heterocycles. The normalized spacial score (nSPS) is 11.9. The van der Waals surface area contributed by atoms with E-state index in [4.69, 9.17) is 0 Å². The van der Waals surface area contributed by atoms with Gasteiger partial charge in [0.1, 0.15) is 0 Å². The SMILES string of the molecule is CNC(C)(C)C(=O)Nc1cccc(NC(=O)C(C)(C)C)c1. The molecule has 5 heteroatoms. The molecule has 0 atom stereocenters. The van der Waals surface area contributed by atoms with Crippen LogP contribution in [0.15, 0.2) is 24.3 Å². The fraction of sp³-hybridized carbons (Fsp3) is 0.500. The lowest BCUT2D eigenvalue weighted by atomic mass is 9.95. The molecule has 0 spiro atoms. The Hall–Kier alpha value is -1.88. The Morgan fingerprint density at radius 3 is 1.81 bits per heavy atom. The number of amides is 2. The van der Waals surface area contributed by atoms with E-state index in [9.17, 15) is 9.59 Å². The van der Waals surface area contributed by atoms with E-state index in [0.717, 1.165) is 0 Å². The first-order valence-corrected chi connectivity index (χ1v) is 6.98. The summed E-state index contributed by atoms with van der Waals surface area (Å²) in [5.74, 6) is -0.203. The highest BCUT2D eigenvalue weighted by Gasteiger charge is 2.25. The summed E-state index contributed by atoms with van der Waals surface area (Å²) >= 11 is 0. The molecule has 1 aromatic carbocycles. The second-order valence-electron chi connectivity index (χ2n) is 6.61. The zero-order valence-electron chi connectivity index (χ0n) is 13.6. The molecule has 1 aromatic rings. The van der Waals surface area contributed by atoms with E-state index >= 15 is 0 Å². The summed E-state index contributed by atoms with van der Waals surface area (Å²) in [6.45, 7) is 9.15. The molecule has 0 saturated carbocycles. The number of hydrogen-bond acceptors (Lipinski definition) is 3. The topological polar surface area (TPSA) is 70.2 Å². The summed E-state index contributed by atoms with van der Waals surface area (Å²) in [4.78, 5) is 24.1. The third-order valence-corrected chi connectivity index (χ3v) is 3.25. The van der Waals surface area contributed by atoms with Crippen LogP contribution < -0.4 is 16.0 Å². The number of carbonyl (C=O) groups excluding carboxylic acids is 2. The highest BCUT2D eigenvalue weighted by molar-refractivity contribution is 5.99. The Labute approximate surface area is 126 Å². The molecule has 0 saturated heterocycles. The number of benzene rings is 1. The van der Waals surface area contributed by atoms with Crippen molar-refractivity contribution in [2.75, 3.05) is 17.7 Å². The molecule has 116 valence electrons. The fourth-order valence-electron chi connectivity index (χ4n) is 1.39. The Kier molecular flexibility index (Phi) is 5.12.